The van der Waals surface area contributed by atoms with Gasteiger partial charge < -0.3 is 10.6 Å². The van der Waals surface area contributed by atoms with Crippen LogP contribution in [0.5, 0.6) is 0 Å². The first-order valence-corrected chi connectivity index (χ1v) is 6.72. The maximum Gasteiger partial charge on any atom is 0.0722 e. The van der Waals surface area contributed by atoms with Gasteiger partial charge in [-0.2, -0.15) is 0 Å². The molecular formula is C15H19N3. The van der Waals surface area contributed by atoms with Crippen LogP contribution in [0.1, 0.15) is 12.8 Å². The van der Waals surface area contributed by atoms with E-state index >= 15 is 0 Å². The minimum absolute atomic E-state index is 0.790. The molecule has 3 nitrogen and oxygen atoms in total. The summed E-state index contributed by atoms with van der Waals surface area (Å²) < 4.78 is 0. The summed E-state index contributed by atoms with van der Waals surface area (Å²) in [6, 6.07) is 10.4. The molecule has 1 aliphatic rings. The van der Waals surface area contributed by atoms with Crippen LogP contribution >= 0.6 is 0 Å². The topological polar surface area (TPSA) is 37.0 Å². The van der Waals surface area contributed by atoms with Gasteiger partial charge in [-0.1, -0.05) is 18.2 Å². The molecule has 1 fully saturated rings. The molecule has 1 aliphatic heterocycles. The van der Waals surface area contributed by atoms with Crippen LogP contribution in [-0.2, 0) is 0 Å². The highest BCUT2D eigenvalue weighted by Gasteiger charge is 2.12. The number of hydrogen-bond acceptors (Lipinski definition) is 3. The number of benzene rings is 1. The summed E-state index contributed by atoms with van der Waals surface area (Å²) in [5.74, 6) is 0.790. The fourth-order valence-corrected chi connectivity index (χ4v) is 2.59. The van der Waals surface area contributed by atoms with Crippen LogP contribution in [-0.4, -0.2) is 24.6 Å². The molecule has 0 atom stereocenters. The van der Waals surface area contributed by atoms with E-state index in [0.717, 1.165) is 31.1 Å². The summed E-state index contributed by atoms with van der Waals surface area (Å²) in [5.41, 5.74) is 2.27. The summed E-state index contributed by atoms with van der Waals surface area (Å²) in [4.78, 5) is 4.39. The summed E-state index contributed by atoms with van der Waals surface area (Å²) in [6.07, 6.45) is 4.43. The van der Waals surface area contributed by atoms with Crippen LogP contribution < -0.4 is 10.6 Å². The molecule has 2 aromatic rings. The number of para-hydroxylation sites is 1. The Morgan fingerprint density at radius 2 is 2.00 bits per heavy atom. The van der Waals surface area contributed by atoms with E-state index in [1.807, 2.05) is 12.3 Å². The van der Waals surface area contributed by atoms with E-state index in [2.05, 4.69) is 39.9 Å². The molecule has 1 aromatic heterocycles. The molecule has 94 valence electrons. The first-order valence-electron chi connectivity index (χ1n) is 6.72. The zero-order valence-corrected chi connectivity index (χ0v) is 10.5. The average Bonchev–Trinajstić information content (AvgIpc) is 2.46. The van der Waals surface area contributed by atoms with Gasteiger partial charge in [-0.3, -0.25) is 4.98 Å². The first-order chi connectivity index (χ1) is 8.93. The van der Waals surface area contributed by atoms with Gasteiger partial charge in [0.1, 0.15) is 0 Å². The minimum atomic E-state index is 0.790. The molecule has 2 N–H and O–H groups in total. The highest BCUT2D eigenvalue weighted by molar-refractivity contribution is 5.90. The largest absolute Gasteiger partial charge is 0.384 e. The summed E-state index contributed by atoms with van der Waals surface area (Å²) in [5, 5.41) is 8.21. The van der Waals surface area contributed by atoms with E-state index in [1.54, 1.807) is 0 Å². The molecule has 2 heterocycles. The zero-order chi connectivity index (χ0) is 12.2. The SMILES string of the molecule is c1ccc2c(NCC3CCNCC3)ccnc2c1. The average molecular weight is 241 g/mol. The van der Waals surface area contributed by atoms with Gasteiger partial charge >= 0.3 is 0 Å². The van der Waals surface area contributed by atoms with E-state index in [0.29, 0.717) is 0 Å². The number of hydrogen-bond donors (Lipinski definition) is 2. The van der Waals surface area contributed by atoms with Crippen molar-refractivity contribution in [2.75, 3.05) is 25.0 Å². The lowest BCUT2D eigenvalue weighted by Crippen LogP contribution is -2.31. The number of aromatic nitrogens is 1. The Morgan fingerprint density at radius 1 is 1.17 bits per heavy atom. The number of pyridine rings is 1. The van der Waals surface area contributed by atoms with Gasteiger partial charge in [0, 0.05) is 23.8 Å². The van der Waals surface area contributed by atoms with E-state index < -0.39 is 0 Å². The maximum atomic E-state index is 4.39. The Morgan fingerprint density at radius 3 is 2.89 bits per heavy atom. The van der Waals surface area contributed by atoms with Gasteiger partial charge in [0.15, 0.2) is 0 Å². The van der Waals surface area contributed by atoms with Crippen LogP contribution in [0.4, 0.5) is 5.69 Å². The number of rotatable bonds is 3. The van der Waals surface area contributed by atoms with E-state index in [9.17, 15) is 0 Å². The van der Waals surface area contributed by atoms with Crippen LogP contribution in [0.15, 0.2) is 36.5 Å². The van der Waals surface area contributed by atoms with Crippen molar-refractivity contribution >= 4 is 16.6 Å². The van der Waals surface area contributed by atoms with Crippen molar-refractivity contribution in [3.05, 3.63) is 36.5 Å². The van der Waals surface area contributed by atoms with Crippen LogP contribution in [0.2, 0.25) is 0 Å². The van der Waals surface area contributed by atoms with Crippen molar-refractivity contribution in [3.8, 4) is 0 Å². The number of anilines is 1. The van der Waals surface area contributed by atoms with Crippen LogP contribution in [0, 0.1) is 5.92 Å². The lowest BCUT2D eigenvalue weighted by molar-refractivity contribution is 0.390. The predicted octanol–water partition coefficient (Wildman–Crippen LogP) is 2.65. The lowest BCUT2D eigenvalue weighted by Gasteiger charge is -2.23. The van der Waals surface area contributed by atoms with Gasteiger partial charge in [-0.15, -0.1) is 0 Å². The zero-order valence-electron chi connectivity index (χ0n) is 10.5. The van der Waals surface area contributed by atoms with E-state index in [4.69, 9.17) is 0 Å². The Kier molecular flexibility index (Phi) is 3.42. The monoisotopic (exact) mass is 241 g/mol. The maximum absolute atomic E-state index is 4.39. The van der Waals surface area contributed by atoms with Gasteiger partial charge in [0.05, 0.1) is 5.52 Å². The molecule has 1 saturated heterocycles. The molecule has 0 bridgehead atoms. The van der Waals surface area contributed by atoms with E-state index in [-0.39, 0.29) is 0 Å². The Balaban J connectivity index is 1.74. The normalized spacial score (nSPS) is 16.9. The molecule has 18 heavy (non-hydrogen) atoms. The second-order valence-electron chi connectivity index (χ2n) is 4.95. The molecule has 3 rings (SSSR count). The van der Waals surface area contributed by atoms with Crippen molar-refractivity contribution < 1.29 is 0 Å². The van der Waals surface area contributed by atoms with Crippen molar-refractivity contribution in [1.29, 1.82) is 0 Å². The molecule has 0 aliphatic carbocycles. The van der Waals surface area contributed by atoms with E-state index in [1.165, 1.54) is 23.9 Å². The van der Waals surface area contributed by atoms with Gasteiger partial charge in [-0.05, 0) is 44.0 Å². The number of nitrogens with zero attached hydrogens (tertiary/aromatic N) is 1. The number of fused-ring (bicyclic) bond motifs is 1. The fraction of sp³-hybridized carbons (Fsp3) is 0.400. The first kappa shape index (κ1) is 11.5. The lowest BCUT2D eigenvalue weighted by atomic mass is 9.98. The summed E-state index contributed by atoms with van der Waals surface area (Å²) >= 11 is 0. The highest BCUT2D eigenvalue weighted by atomic mass is 14.9. The third-order valence-corrected chi connectivity index (χ3v) is 3.69. The summed E-state index contributed by atoms with van der Waals surface area (Å²) in [6.45, 7) is 3.38. The van der Waals surface area contributed by atoms with Gasteiger partial charge in [0.25, 0.3) is 0 Å². The summed E-state index contributed by atoms with van der Waals surface area (Å²) in [7, 11) is 0. The third kappa shape index (κ3) is 2.46. The number of nitrogens with one attached hydrogen (secondary N) is 2. The minimum Gasteiger partial charge on any atom is -0.384 e. The highest BCUT2D eigenvalue weighted by Crippen LogP contribution is 2.22. The van der Waals surface area contributed by atoms with Crippen LogP contribution in [0.3, 0.4) is 0 Å². The van der Waals surface area contributed by atoms with Gasteiger partial charge in [-0.25, -0.2) is 0 Å². The van der Waals surface area contributed by atoms with Crippen molar-refractivity contribution in [2.24, 2.45) is 5.92 Å². The molecule has 0 spiro atoms. The molecule has 0 unspecified atom stereocenters. The smallest absolute Gasteiger partial charge is 0.0722 e. The van der Waals surface area contributed by atoms with Crippen molar-refractivity contribution in [2.45, 2.75) is 12.8 Å². The van der Waals surface area contributed by atoms with Crippen molar-refractivity contribution in [1.82, 2.24) is 10.3 Å². The molecular weight excluding hydrogens is 222 g/mol. The second-order valence-corrected chi connectivity index (χ2v) is 4.95. The fourth-order valence-electron chi connectivity index (χ4n) is 2.59. The molecule has 0 amide bonds. The second kappa shape index (κ2) is 5.36. The van der Waals surface area contributed by atoms with Gasteiger partial charge in [0.2, 0.25) is 0 Å². The Labute approximate surface area is 108 Å². The molecule has 0 radical (unpaired) electrons. The Bertz CT molecular complexity index is 513. The predicted molar refractivity (Wildman–Crippen MR) is 75.8 cm³/mol. The third-order valence-electron chi connectivity index (χ3n) is 3.69. The standard InChI is InChI=1S/C15H19N3/c1-2-4-14-13(3-1)15(7-10-17-14)18-11-12-5-8-16-9-6-12/h1-4,7,10,12,16H,5-6,8-9,11H2,(H,17,18). The van der Waals surface area contributed by atoms with Crippen LogP contribution in [0.25, 0.3) is 10.9 Å². The van der Waals surface area contributed by atoms with Crippen molar-refractivity contribution in [3.63, 3.8) is 0 Å². The number of piperidine rings is 1. The molecule has 1 aromatic carbocycles. The Hall–Kier alpha value is -1.61. The quantitative estimate of drug-likeness (QED) is 0.867. The molecule has 0 saturated carbocycles. The molecule has 3 heteroatoms.